The largest absolute Gasteiger partial charge is 0.206 e. The van der Waals surface area contributed by atoms with Gasteiger partial charge >= 0.3 is 0 Å². The summed E-state index contributed by atoms with van der Waals surface area (Å²) in [7, 11) is 0. The Kier molecular flexibility index (Phi) is 5.66. The highest BCUT2D eigenvalue weighted by molar-refractivity contribution is 5.33. The first kappa shape index (κ1) is 19.9. The van der Waals surface area contributed by atoms with Gasteiger partial charge < -0.3 is 0 Å². The second-order valence-electron chi connectivity index (χ2n) is 9.31. The summed E-state index contributed by atoms with van der Waals surface area (Å²) in [6.07, 6.45) is 4.53. The second-order valence-corrected chi connectivity index (χ2v) is 9.31. The molecule has 0 heterocycles. The number of halogens is 1. The van der Waals surface area contributed by atoms with E-state index < -0.39 is 0 Å². The zero-order chi connectivity index (χ0) is 19.0. The minimum absolute atomic E-state index is 0.0747. The Morgan fingerprint density at radius 3 is 2.44 bits per heavy atom. The summed E-state index contributed by atoms with van der Waals surface area (Å²) in [6.45, 7) is 21.6. The number of hydrogen-bond acceptors (Lipinski definition) is 0. The van der Waals surface area contributed by atoms with Crippen LogP contribution in [0.5, 0.6) is 0 Å². The van der Waals surface area contributed by atoms with Crippen molar-refractivity contribution in [3.63, 3.8) is 0 Å². The Hall–Kier alpha value is -1.37. The fraction of sp³-hybridized carbons (Fsp3) is 0.583. The van der Waals surface area contributed by atoms with Crippen molar-refractivity contribution in [2.24, 2.45) is 17.3 Å². The summed E-state index contributed by atoms with van der Waals surface area (Å²) in [5.74, 6) is 0.925. The minimum Gasteiger partial charge on any atom is -0.206 e. The first-order valence-corrected chi connectivity index (χ1v) is 9.59. The molecule has 1 aliphatic rings. The lowest BCUT2D eigenvalue weighted by molar-refractivity contribution is 0.0477. The standard InChI is InChI=1S/C24H35F/c1-9-24(8)14-19(15-24)21(16(2)3)18(5)13-23(6,7)20-12-10-11-17(4)22(20)25/h10-12,19,21H,2,5,9,13-15H2,1,3-4,6-8H3. The highest BCUT2D eigenvalue weighted by Crippen LogP contribution is 2.54. The van der Waals surface area contributed by atoms with E-state index in [1.165, 1.54) is 30.4 Å². The van der Waals surface area contributed by atoms with Gasteiger partial charge in [0.05, 0.1) is 0 Å². The van der Waals surface area contributed by atoms with Crippen molar-refractivity contribution in [3.05, 3.63) is 59.4 Å². The zero-order valence-corrected chi connectivity index (χ0v) is 17.0. The molecular weight excluding hydrogens is 307 g/mol. The van der Waals surface area contributed by atoms with Crippen molar-refractivity contribution in [2.45, 2.75) is 72.6 Å². The average molecular weight is 343 g/mol. The van der Waals surface area contributed by atoms with E-state index >= 15 is 0 Å². The van der Waals surface area contributed by atoms with Crippen LogP contribution >= 0.6 is 0 Å². The van der Waals surface area contributed by atoms with Crippen molar-refractivity contribution in [2.75, 3.05) is 0 Å². The number of hydrogen-bond donors (Lipinski definition) is 0. The van der Waals surface area contributed by atoms with E-state index in [2.05, 4.69) is 47.8 Å². The fourth-order valence-electron chi connectivity index (χ4n) is 4.76. The van der Waals surface area contributed by atoms with E-state index in [-0.39, 0.29) is 11.2 Å². The molecule has 0 spiro atoms. The quantitative estimate of drug-likeness (QED) is 0.453. The van der Waals surface area contributed by atoms with Crippen molar-refractivity contribution in [1.82, 2.24) is 0 Å². The van der Waals surface area contributed by atoms with Crippen LogP contribution in [0.3, 0.4) is 0 Å². The monoisotopic (exact) mass is 342 g/mol. The highest BCUT2D eigenvalue weighted by atomic mass is 19.1. The summed E-state index contributed by atoms with van der Waals surface area (Å²) in [6, 6.07) is 5.70. The molecule has 25 heavy (non-hydrogen) atoms. The number of rotatable bonds is 7. The maximum absolute atomic E-state index is 14.6. The molecule has 0 radical (unpaired) electrons. The molecule has 0 saturated heterocycles. The van der Waals surface area contributed by atoms with Crippen LogP contribution in [0.15, 0.2) is 42.5 Å². The van der Waals surface area contributed by atoms with Crippen LogP contribution in [0.1, 0.15) is 71.4 Å². The Balaban J connectivity index is 2.18. The lowest BCUT2D eigenvalue weighted by Crippen LogP contribution is -2.39. The molecule has 138 valence electrons. The summed E-state index contributed by atoms with van der Waals surface area (Å²) < 4.78 is 14.6. The maximum atomic E-state index is 14.6. The van der Waals surface area contributed by atoms with Gasteiger partial charge in [-0.05, 0) is 61.0 Å². The predicted octanol–water partition coefficient (Wildman–Crippen LogP) is 7.38. The molecular formula is C24H35F. The van der Waals surface area contributed by atoms with Crippen LogP contribution in [0.4, 0.5) is 4.39 Å². The molecule has 1 heteroatoms. The minimum atomic E-state index is -0.265. The van der Waals surface area contributed by atoms with Gasteiger partial charge in [-0.25, -0.2) is 4.39 Å². The highest BCUT2D eigenvalue weighted by Gasteiger charge is 2.43. The van der Waals surface area contributed by atoms with Crippen LogP contribution in [0.25, 0.3) is 0 Å². The van der Waals surface area contributed by atoms with E-state index in [0.29, 0.717) is 22.8 Å². The van der Waals surface area contributed by atoms with Gasteiger partial charge in [-0.2, -0.15) is 0 Å². The van der Waals surface area contributed by atoms with E-state index in [1.54, 1.807) is 0 Å². The summed E-state index contributed by atoms with van der Waals surface area (Å²) >= 11 is 0. The Bertz CT molecular complexity index is 659. The molecule has 1 unspecified atom stereocenters. The van der Waals surface area contributed by atoms with E-state index in [4.69, 9.17) is 0 Å². The molecule has 1 fully saturated rings. The second kappa shape index (κ2) is 7.09. The fourth-order valence-corrected chi connectivity index (χ4v) is 4.76. The molecule has 1 aromatic carbocycles. The number of aryl methyl sites for hydroxylation is 1. The van der Waals surface area contributed by atoms with Crippen LogP contribution in [-0.2, 0) is 5.41 Å². The van der Waals surface area contributed by atoms with Gasteiger partial charge in [0.25, 0.3) is 0 Å². The van der Waals surface area contributed by atoms with E-state index in [1.807, 2.05) is 25.1 Å². The first-order valence-electron chi connectivity index (χ1n) is 9.59. The lowest BCUT2D eigenvalue weighted by atomic mass is 9.55. The molecule has 2 rings (SSSR count). The maximum Gasteiger partial charge on any atom is 0.129 e. The van der Waals surface area contributed by atoms with E-state index in [0.717, 1.165) is 12.0 Å². The molecule has 0 bridgehead atoms. The molecule has 0 aromatic heterocycles. The van der Waals surface area contributed by atoms with Gasteiger partial charge in [-0.15, -0.1) is 0 Å². The van der Waals surface area contributed by atoms with Gasteiger partial charge in [0.15, 0.2) is 0 Å². The molecule has 1 saturated carbocycles. The summed E-state index contributed by atoms with van der Waals surface area (Å²) in [5.41, 5.74) is 4.14. The average Bonchev–Trinajstić information content (AvgIpc) is 2.47. The molecule has 1 aromatic rings. The molecule has 1 atom stereocenters. The van der Waals surface area contributed by atoms with Crippen LogP contribution in [-0.4, -0.2) is 0 Å². The SMILES string of the molecule is C=C(C)C(C(=C)CC(C)(C)c1cccc(C)c1F)C1CC(C)(CC)C1. The Morgan fingerprint density at radius 2 is 1.92 bits per heavy atom. The zero-order valence-electron chi connectivity index (χ0n) is 17.0. The molecule has 1 aliphatic carbocycles. The third kappa shape index (κ3) is 4.07. The van der Waals surface area contributed by atoms with Crippen molar-refractivity contribution in [3.8, 4) is 0 Å². The molecule has 0 nitrogen and oxygen atoms in total. The van der Waals surface area contributed by atoms with Gasteiger partial charge in [0.1, 0.15) is 5.82 Å². The molecule has 0 amide bonds. The Morgan fingerprint density at radius 1 is 1.32 bits per heavy atom. The van der Waals surface area contributed by atoms with Gasteiger partial charge in [-0.3, -0.25) is 0 Å². The van der Waals surface area contributed by atoms with Crippen LogP contribution in [0, 0.1) is 30.0 Å². The van der Waals surface area contributed by atoms with Gasteiger partial charge in [-0.1, -0.05) is 76.6 Å². The summed E-state index contributed by atoms with van der Waals surface area (Å²) in [4.78, 5) is 0. The normalized spacial score (nSPS) is 24.5. The van der Waals surface area contributed by atoms with Gasteiger partial charge in [0, 0.05) is 5.92 Å². The van der Waals surface area contributed by atoms with Crippen molar-refractivity contribution in [1.29, 1.82) is 0 Å². The first-order chi connectivity index (χ1) is 11.5. The van der Waals surface area contributed by atoms with E-state index in [9.17, 15) is 4.39 Å². The van der Waals surface area contributed by atoms with Crippen LogP contribution in [0.2, 0.25) is 0 Å². The third-order valence-corrected chi connectivity index (χ3v) is 6.40. The third-order valence-electron chi connectivity index (χ3n) is 6.40. The predicted molar refractivity (Wildman–Crippen MR) is 107 cm³/mol. The smallest absolute Gasteiger partial charge is 0.129 e. The molecule has 0 N–H and O–H groups in total. The summed E-state index contributed by atoms with van der Waals surface area (Å²) in [5, 5.41) is 0. The van der Waals surface area contributed by atoms with Crippen LogP contribution < -0.4 is 0 Å². The van der Waals surface area contributed by atoms with Gasteiger partial charge in [0.2, 0.25) is 0 Å². The number of benzene rings is 1. The lowest BCUT2D eigenvalue weighted by Gasteiger charge is -2.49. The molecule has 0 aliphatic heterocycles. The topological polar surface area (TPSA) is 0 Å². The van der Waals surface area contributed by atoms with Crippen molar-refractivity contribution < 1.29 is 4.39 Å². The Labute approximate surface area is 154 Å². The van der Waals surface area contributed by atoms with Crippen molar-refractivity contribution >= 4 is 0 Å². The number of allylic oxidation sites excluding steroid dienone is 2.